The number of ether oxygens (including phenoxy) is 1. The predicted molar refractivity (Wildman–Crippen MR) is 99.0 cm³/mol. The number of rotatable bonds is 5. The Morgan fingerprint density at radius 1 is 1.39 bits per heavy atom. The lowest BCUT2D eigenvalue weighted by atomic mass is 10.1. The van der Waals surface area contributed by atoms with Crippen LogP contribution in [0.5, 0.6) is 5.88 Å². The Kier molecular flexibility index (Phi) is 4.11. The van der Waals surface area contributed by atoms with E-state index in [0.717, 1.165) is 6.20 Å². The van der Waals surface area contributed by atoms with Gasteiger partial charge in [0, 0.05) is 30.3 Å². The highest BCUT2D eigenvalue weighted by Gasteiger charge is 2.20. The molecule has 10 nitrogen and oxygen atoms in total. The number of methoxy groups -OCH3 is 1. The maximum atomic E-state index is 14.5. The lowest BCUT2D eigenvalue weighted by Crippen LogP contribution is -2.01. The van der Waals surface area contributed by atoms with Crippen molar-refractivity contribution >= 4 is 28.2 Å². The summed E-state index contributed by atoms with van der Waals surface area (Å²) in [4.78, 5) is 21.7. The predicted octanol–water partition coefficient (Wildman–Crippen LogP) is 3.16. The summed E-state index contributed by atoms with van der Waals surface area (Å²) in [5, 5.41) is 18.7. The fraction of sp³-hybridized carbons (Fsp3) is 0.118. The molecule has 0 saturated heterocycles. The molecular weight excluding hydrogens is 369 g/mol. The number of aromatic amines is 1. The molecule has 0 aliphatic carbocycles. The van der Waals surface area contributed by atoms with Gasteiger partial charge in [0.25, 0.3) is 11.6 Å². The molecule has 0 atom stereocenters. The summed E-state index contributed by atoms with van der Waals surface area (Å²) < 4.78 is 21.2. The molecule has 4 aromatic rings. The SMILES string of the molecule is COc1nn(C)cc1Nc1ncc(F)c(-c2c[nH]c3c([N+](=O)[O-])cccc23)n1. The Hall–Kier alpha value is -4.02. The summed E-state index contributed by atoms with van der Waals surface area (Å²) in [6.07, 6.45) is 4.18. The van der Waals surface area contributed by atoms with Gasteiger partial charge in [0.15, 0.2) is 5.82 Å². The number of nitrogens with zero attached hydrogens (tertiary/aromatic N) is 5. The van der Waals surface area contributed by atoms with Gasteiger partial charge in [0.05, 0.1) is 24.4 Å². The highest BCUT2D eigenvalue weighted by atomic mass is 19.1. The second kappa shape index (κ2) is 6.61. The normalized spacial score (nSPS) is 11.0. The number of fused-ring (bicyclic) bond motifs is 1. The average Bonchev–Trinajstić information content (AvgIpc) is 3.26. The monoisotopic (exact) mass is 383 g/mol. The van der Waals surface area contributed by atoms with Gasteiger partial charge >= 0.3 is 0 Å². The standard InChI is InChI=1S/C17H14FN7O3/c1-24-8-12(16(23-24)28-2)21-17-20-7-11(18)14(22-17)10-6-19-15-9(10)4-3-5-13(15)25(26)27/h3-8,19H,1-2H3,(H,20,21,22). The fourth-order valence-electron chi connectivity index (χ4n) is 2.93. The van der Waals surface area contributed by atoms with Crippen LogP contribution in [0.2, 0.25) is 0 Å². The summed E-state index contributed by atoms with van der Waals surface area (Å²) in [6.45, 7) is 0. The van der Waals surface area contributed by atoms with Gasteiger partial charge in [0.1, 0.15) is 16.9 Å². The highest BCUT2D eigenvalue weighted by Crippen LogP contribution is 2.34. The number of aromatic nitrogens is 5. The molecule has 0 amide bonds. The smallest absolute Gasteiger partial charge is 0.293 e. The molecule has 0 unspecified atom stereocenters. The zero-order valence-electron chi connectivity index (χ0n) is 14.8. The first kappa shape index (κ1) is 17.4. The minimum absolute atomic E-state index is 0.00658. The number of anilines is 2. The lowest BCUT2D eigenvalue weighted by molar-refractivity contribution is -0.383. The zero-order chi connectivity index (χ0) is 19.8. The van der Waals surface area contributed by atoms with Crippen molar-refractivity contribution in [1.29, 1.82) is 0 Å². The van der Waals surface area contributed by atoms with E-state index >= 15 is 0 Å². The van der Waals surface area contributed by atoms with Crippen molar-refractivity contribution in [2.24, 2.45) is 7.05 Å². The molecule has 0 fully saturated rings. The highest BCUT2D eigenvalue weighted by molar-refractivity contribution is 5.99. The van der Waals surface area contributed by atoms with Gasteiger partial charge in [-0.25, -0.2) is 14.4 Å². The summed E-state index contributed by atoms with van der Waals surface area (Å²) in [5.74, 6) is -0.196. The summed E-state index contributed by atoms with van der Waals surface area (Å²) >= 11 is 0. The number of hydrogen-bond acceptors (Lipinski definition) is 7. The third kappa shape index (κ3) is 2.88. The fourth-order valence-corrected chi connectivity index (χ4v) is 2.93. The summed E-state index contributed by atoms with van der Waals surface area (Å²) in [6, 6.07) is 4.57. The van der Waals surface area contributed by atoms with Crippen LogP contribution in [0.1, 0.15) is 0 Å². The van der Waals surface area contributed by atoms with Crippen molar-refractivity contribution in [3.63, 3.8) is 0 Å². The molecule has 0 spiro atoms. The van der Waals surface area contributed by atoms with Gasteiger partial charge in [0.2, 0.25) is 5.95 Å². The Balaban J connectivity index is 1.79. The van der Waals surface area contributed by atoms with Crippen LogP contribution < -0.4 is 10.1 Å². The number of nitro benzene ring substituents is 1. The van der Waals surface area contributed by atoms with Gasteiger partial charge in [-0.3, -0.25) is 14.8 Å². The Bertz CT molecular complexity index is 1200. The molecule has 4 rings (SSSR count). The van der Waals surface area contributed by atoms with Crippen molar-refractivity contribution < 1.29 is 14.1 Å². The summed E-state index contributed by atoms with van der Waals surface area (Å²) in [7, 11) is 3.20. The number of hydrogen-bond donors (Lipinski definition) is 2. The van der Waals surface area contributed by atoms with Crippen molar-refractivity contribution in [2.75, 3.05) is 12.4 Å². The lowest BCUT2D eigenvalue weighted by Gasteiger charge is -2.06. The molecule has 0 aliphatic rings. The first-order valence-electron chi connectivity index (χ1n) is 8.10. The maximum absolute atomic E-state index is 14.5. The second-order valence-corrected chi connectivity index (χ2v) is 5.90. The van der Waals surface area contributed by atoms with Crippen LogP contribution in [0.3, 0.4) is 0 Å². The van der Waals surface area contributed by atoms with Crippen LogP contribution in [0, 0.1) is 15.9 Å². The molecule has 1 aromatic carbocycles. The first-order valence-corrected chi connectivity index (χ1v) is 8.10. The molecule has 3 aromatic heterocycles. The molecule has 0 saturated carbocycles. The number of benzene rings is 1. The molecule has 0 aliphatic heterocycles. The number of nitro groups is 1. The molecule has 3 heterocycles. The van der Waals surface area contributed by atoms with E-state index in [1.54, 1.807) is 24.0 Å². The van der Waals surface area contributed by atoms with Crippen LogP contribution in [-0.4, -0.2) is 36.8 Å². The molecular formula is C17H14FN7O3. The van der Waals surface area contributed by atoms with Gasteiger partial charge < -0.3 is 15.0 Å². The van der Waals surface area contributed by atoms with Crippen LogP contribution in [0.15, 0.2) is 36.8 Å². The van der Waals surface area contributed by atoms with E-state index in [0.29, 0.717) is 28.0 Å². The van der Waals surface area contributed by atoms with Gasteiger partial charge in [-0.05, 0) is 0 Å². The van der Waals surface area contributed by atoms with E-state index in [9.17, 15) is 14.5 Å². The first-order chi connectivity index (χ1) is 13.5. The number of halogens is 1. The number of H-pyrrole nitrogens is 1. The molecule has 28 heavy (non-hydrogen) atoms. The number of non-ortho nitro benzene ring substituents is 1. The maximum Gasteiger partial charge on any atom is 0.293 e. The van der Waals surface area contributed by atoms with Crippen LogP contribution in [0.4, 0.5) is 21.7 Å². The molecule has 2 N–H and O–H groups in total. The molecule has 142 valence electrons. The van der Waals surface area contributed by atoms with E-state index in [1.165, 1.54) is 25.4 Å². The van der Waals surface area contributed by atoms with Gasteiger partial charge in [-0.15, -0.1) is 5.10 Å². The molecule has 0 bridgehead atoms. The van der Waals surface area contributed by atoms with Crippen molar-refractivity contribution in [2.45, 2.75) is 0 Å². The van der Waals surface area contributed by atoms with Crippen LogP contribution in [-0.2, 0) is 7.05 Å². The van der Waals surface area contributed by atoms with Crippen molar-refractivity contribution in [3.8, 4) is 17.1 Å². The van der Waals surface area contributed by atoms with E-state index in [-0.39, 0.29) is 17.3 Å². The van der Waals surface area contributed by atoms with Gasteiger partial charge in [-0.1, -0.05) is 12.1 Å². The summed E-state index contributed by atoms with van der Waals surface area (Å²) in [5.41, 5.74) is 1.10. The minimum Gasteiger partial charge on any atom is -0.478 e. The van der Waals surface area contributed by atoms with Gasteiger partial charge in [-0.2, -0.15) is 0 Å². The number of para-hydroxylation sites is 1. The van der Waals surface area contributed by atoms with Crippen LogP contribution >= 0.6 is 0 Å². The Morgan fingerprint density at radius 2 is 2.21 bits per heavy atom. The average molecular weight is 383 g/mol. The largest absolute Gasteiger partial charge is 0.478 e. The third-order valence-electron chi connectivity index (χ3n) is 4.12. The quantitative estimate of drug-likeness (QED) is 0.401. The van der Waals surface area contributed by atoms with Crippen molar-refractivity contribution in [1.82, 2.24) is 24.7 Å². The second-order valence-electron chi connectivity index (χ2n) is 5.90. The topological polar surface area (TPSA) is 124 Å². The molecule has 11 heteroatoms. The minimum atomic E-state index is -0.656. The number of nitrogens with one attached hydrogen (secondary N) is 2. The number of aryl methyl sites for hydroxylation is 1. The Morgan fingerprint density at radius 3 is 2.96 bits per heavy atom. The third-order valence-corrected chi connectivity index (χ3v) is 4.12. The zero-order valence-corrected chi connectivity index (χ0v) is 14.8. The van der Waals surface area contributed by atoms with E-state index in [4.69, 9.17) is 4.74 Å². The van der Waals surface area contributed by atoms with E-state index in [1.807, 2.05) is 0 Å². The molecule has 0 radical (unpaired) electrons. The Labute approximate surface area is 157 Å². The van der Waals surface area contributed by atoms with E-state index in [2.05, 4.69) is 25.4 Å². The van der Waals surface area contributed by atoms with E-state index < -0.39 is 10.7 Å². The van der Waals surface area contributed by atoms with Crippen LogP contribution in [0.25, 0.3) is 22.2 Å². The van der Waals surface area contributed by atoms with Crippen molar-refractivity contribution in [3.05, 3.63) is 52.7 Å².